The number of nitrogens with zero attached hydrogens (tertiary/aromatic N) is 8. The van der Waals surface area contributed by atoms with Gasteiger partial charge in [0.2, 0.25) is 5.95 Å². The topological polar surface area (TPSA) is 103 Å². The first kappa shape index (κ1) is 23.8. The van der Waals surface area contributed by atoms with Crippen molar-refractivity contribution in [1.29, 1.82) is 0 Å². The quantitative estimate of drug-likeness (QED) is 0.329. The van der Waals surface area contributed by atoms with Crippen LogP contribution in [0.3, 0.4) is 0 Å². The van der Waals surface area contributed by atoms with Gasteiger partial charge in [-0.1, -0.05) is 31.2 Å². The second kappa shape index (κ2) is 11.2. The Morgan fingerprint density at radius 2 is 1.81 bits per heavy atom. The molecule has 1 saturated heterocycles. The third-order valence-corrected chi connectivity index (χ3v) is 6.08. The highest BCUT2D eigenvalue weighted by Gasteiger charge is 2.17. The monoisotopic (exact) mass is 486 g/mol. The minimum atomic E-state index is 0.229. The third kappa shape index (κ3) is 5.65. The molecule has 4 aromatic rings. The van der Waals surface area contributed by atoms with Gasteiger partial charge in [-0.15, -0.1) is 5.11 Å². The average molecular weight is 487 g/mol. The zero-order chi connectivity index (χ0) is 24.7. The van der Waals surface area contributed by atoms with Crippen LogP contribution in [-0.2, 0) is 31.2 Å². The molecule has 1 aromatic carbocycles. The summed E-state index contributed by atoms with van der Waals surface area (Å²) in [5, 5.41) is 9.89. The van der Waals surface area contributed by atoms with E-state index in [0.717, 1.165) is 34.3 Å². The zero-order valence-electron chi connectivity index (χ0n) is 20.7. The molecule has 0 N–H and O–H groups in total. The predicted octanol–water partition coefficient (Wildman–Crippen LogP) is 4.06. The molecule has 186 valence electrons. The number of pyridine rings is 1. The van der Waals surface area contributed by atoms with Crippen molar-refractivity contribution in [2.75, 3.05) is 37.8 Å². The van der Waals surface area contributed by atoms with Gasteiger partial charge < -0.3 is 18.9 Å². The van der Waals surface area contributed by atoms with Crippen LogP contribution in [0.1, 0.15) is 23.9 Å². The van der Waals surface area contributed by atoms with Crippen LogP contribution in [0.5, 0.6) is 6.01 Å². The maximum Gasteiger partial charge on any atom is 0.323 e. The van der Waals surface area contributed by atoms with Gasteiger partial charge in [0.05, 0.1) is 26.4 Å². The van der Waals surface area contributed by atoms with E-state index in [-0.39, 0.29) is 12.0 Å². The number of azo groups is 1. The van der Waals surface area contributed by atoms with Crippen LogP contribution < -0.4 is 9.64 Å². The van der Waals surface area contributed by atoms with E-state index in [1.807, 2.05) is 42.3 Å². The molecule has 4 heterocycles. The van der Waals surface area contributed by atoms with Crippen LogP contribution in [0, 0.1) is 0 Å². The Kier molecular flexibility index (Phi) is 7.41. The SMILES string of the molecule is CCc1cccc(CCOc2nc(N=NCc3cn(C)c4ccccc34)nc(N3CCOCC3)n2)n1. The molecule has 0 atom stereocenters. The van der Waals surface area contributed by atoms with E-state index in [1.54, 1.807) is 0 Å². The van der Waals surface area contributed by atoms with Crippen molar-refractivity contribution in [3.05, 3.63) is 65.6 Å². The Labute approximate surface area is 210 Å². The Hall–Kier alpha value is -3.92. The molecule has 10 heteroatoms. The fourth-order valence-corrected chi connectivity index (χ4v) is 4.19. The number of ether oxygens (including phenoxy) is 2. The van der Waals surface area contributed by atoms with Crippen molar-refractivity contribution in [2.24, 2.45) is 17.3 Å². The van der Waals surface area contributed by atoms with E-state index < -0.39 is 0 Å². The molecular weight excluding hydrogens is 456 g/mol. The van der Waals surface area contributed by atoms with Gasteiger partial charge in [-0.05, 0) is 24.6 Å². The molecule has 3 aromatic heterocycles. The molecule has 0 saturated carbocycles. The summed E-state index contributed by atoms with van der Waals surface area (Å²) in [6, 6.07) is 14.5. The number of fused-ring (bicyclic) bond motifs is 1. The number of hydrogen-bond donors (Lipinski definition) is 0. The second-order valence-corrected chi connectivity index (χ2v) is 8.57. The smallest absolute Gasteiger partial charge is 0.323 e. The molecule has 0 radical (unpaired) electrons. The molecule has 5 rings (SSSR count). The Morgan fingerprint density at radius 3 is 2.67 bits per heavy atom. The van der Waals surface area contributed by atoms with Crippen molar-refractivity contribution >= 4 is 22.8 Å². The molecule has 1 aliphatic rings. The van der Waals surface area contributed by atoms with Gasteiger partial charge in [0, 0.05) is 60.6 Å². The number of aryl methyl sites for hydroxylation is 2. The molecular formula is C26H30N8O2. The van der Waals surface area contributed by atoms with E-state index >= 15 is 0 Å². The molecule has 0 unspecified atom stereocenters. The first-order valence-corrected chi connectivity index (χ1v) is 12.3. The fourth-order valence-electron chi connectivity index (χ4n) is 4.19. The van der Waals surface area contributed by atoms with Crippen molar-refractivity contribution in [3.8, 4) is 6.01 Å². The lowest BCUT2D eigenvalue weighted by atomic mass is 10.2. The first-order valence-electron chi connectivity index (χ1n) is 12.3. The summed E-state index contributed by atoms with van der Waals surface area (Å²) in [5.41, 5.74) is 4.30. The number of morpholine rings is 1. The van der Waals surface area contributed by atoms with Gasteiger partial charge in [-0.25, -0.2) is 0 Å². The highest BCUT2D eigenvalue weighted by molar-refractivity contribution is 5.83. The lowest BCUT2D eigenvalue weighted by Crippen LogP contribution is -2.37. The van der Waals surface area contributed by atoms with Gasteiger partial charge >= 0.3 is 6.01 Å². The molecule has 1 aliphatic heterocycles. The number of rotatable bonds is 9. The van der Waals surface area contributed by atoms with Crippen LogP contribution in [-0.4, -0.2) is 57.4 Å². The molecule has 36 heavy (non-hydrogen) atoms. The van der Waals surface area contributed by atoms with Crippen LogP contribution in [0.25, 0.3) is 10.9 Å². The van der Waals surface area contributed by atoms with Gasteiger partial charge in [0.1, 0.15) is 0 Å². The predicted molar refractivity (Wildman–Crippen MR) is 137 cm³/mol. The second-order valence-electron chi connectivity index (χ2n) is 8.57. The van der Waals surface area contributed by atoms with Gasteiger partial charge in [0.15, 0.2) is 0 Å². The normalized spacial score (nSPS) is 14.1. The summed E-state index contributed by atoms with van der Waals surface area (Å²) in [5.74, 6) is 0.751. The Balaban J connectivity index is 1.32. The summed E-state index contributed by atoms with van der Waals surface area (Å²) >= 11 is 0. The van der Waals surface area contributed by atoms with Gasteiger partial charge in [-0.2, -0.15) is 20.1 Å². The summed E-state index contributed by atoms with van der Waals surface area (Å²) in [4.78, 5) is 20.2. The number of aromatic nitrogens is 5. The summed E-state index contributed by atoms with van der Waals surface area (Å²) in [7, 11) is 2.03. The largest absolute Gasteiger partial charge is 0.463 e. The maximum atomic E-state index is 5.92. The van der Waals surface area contributed by atoms with Crippen molar-refractivity contribution in [3.63, 3.8) is 0 Å². The fraction of sp³-hybridized carbons (Fsp3) is 0.385. The molecule has 0 spiro atoms. The van der Waals surface area contributed by atoms with Gasteiger partial charge in [0.25, 0.3) is 5.95 Å². The minimum Gasteiger partial charge on any atom is -0.463 e. The van der Waals surface area contributed by atoms with E-state index in [0.29, 0.717) is 51.8 Å². The van der Waals surface area contributed by atoms with Crippen LogP contribution in [0.4, 0.5) is 11.9 Å². The zero-order valence-corrected chi connectivity index (χ0v) is 20.7. The molecule has 0 bridgehead atoms. The molecule has 10 nitrogen and oxygen atoms in total. The van der Waals surface area contributed by atoms with Gasteiger partial charge in [-0.3, -0.25) is 4.98 Å². The lowest BCUT2D eigenvalue weighted by molar-refractivity contribution is 0.122. The van der Waals surface area contributed by atoms with Crippen molar-refractivity contribution in [1.82, 2.24) is 24.5 Å². The van der Waals surface area contributed by atoms with Crippen LogP contribution in [0.15, 0.2) is 58.9 Å². The first-order chi connectivity index (χ1) is 17.7. The number of benzene rings is 1. The third-order valence-electron chi connectivity index (χ3n) is 6.08. The van der Waals surface area contributed by atoms with E-state index in [1.165, 1.54) is 0 Å². The van der Waals surface area contributed by atoms with Crippen molar-refractivity contribution < 1.29 is 9.47 Å². The van der Waals surface area contributed by atoms with Crippen LogP contribution in [0.2, 0.25) is 0 Å². The highest BCUT2D eigenvalue weighted by Crippen LogP contribution is 2.22. The lowest BCUT2D eigenvalue weighted by Gasteiger charge is -2.26. The standard InChI is InChI=1S/C26H30N8O2/c1-3-20-7-6-8-21(28-20)11-14-36-26-30-24(29-25(31-26)34-12-15-35-16-13-34)32-27-17-19-18-33(2)23-10-5-4-9-22(19)23/h4-10,18H,3,11-17H2,1-2H3. The Morgan fingerprint density at radius 1 is 0.972 bits per heavy atom. The number of para-hydroxylation sites is 1. The number of hydrogen-bond acceptors (Lipinski definition) is 9. The van der Waals surface area contributed by atoms with Crippen LogP contribution >= 0.6 is 0 Å². The summed E-state index contributed by atoms with van der Waals surface area (Å²) in [6.45, 7) is 5.57. The maximum absolute atomic E-state index is 5.92. The van der Waals surface area contributed by atoms with E-state index in [2.05, 4.69) is 60.0 Å². The van der Waals surface area contributed by atoms with E-state index in [9.17, 15) is 0 Å². The average Bonchev–Trinajstić information content (AvgIpc) is 3.24. The summed E-state index contributed by atoms with van der Waals surface area (Å²) in [6.07, 6.45) is 3.63. The molecule has 0 amide bonds. The summed E-state index contributed by atoms with van der Waals surface area (Å²) < 4.78 is 13.5. The molecule has 0 aliphatic carbocycles. The molecule has 1 fully saturated rings. The highest BCUT2D eigenvalue weighted by atomic mass is 16.5. The van der Waals surface area contributed by atoms with E-state index in [4.69, 9.17) is 9.47 Å². The Bertz CT molecular complexity index is 1350. The number of anilines is 1. The minimum absolute atomic E-state index is 0.229. The van der Waals surface area contributed by atoms with Crippen molar-refractivity contribution in [2.45, 2.75) is 26.3 Å².